The van der Waals surface area contributed by atoms with E-state index in [2.05, 4.69) is 45.7 Å². The summed E-state index contributed by atoms with van der Waals surface area (Å²) in [6.07, 6.45) is 2.81. The van der Waals surface area contributed by atoms with Crippen molar-refractivity contribution in [2.75, 3.05) is 33.9 Å². The molecule has 0 aliphatic heterocycles. The number of hydrogen-bond acceptors (Lipinski definition) is 4. The van der Waals surface area contributed by atoms with Crippen LogP contribution in [-0.4, -0.2) is 44.9 Å². The number of methoxy groups -OCH3 is 1. The van der Waals surface area contributed by atoms with Crippen molar-refractivity contribution in [2.45, 2.75) is 26.8 Å². The summed E-state index contributed by atoms with van der Waals surface area (Å²) in [5, 5.41) is 6.68. The van der Waals surface area contributed by atoms with E-state index in [1.165, 1.54) is 11.1 Å². The van der Waals surface area contributed by atoms with Gasteiger partial charge in [-0.05, 0) is 43.5 Å². The minimum absolute atomic E-state index is 0. The Labute approximate surface area is 185 Å². The number of aliphatic imine (C=N–C) groups is 1. The summed E-state index contributed by atoms with van der Waals surface area (Å²) in [4.78, 5) is 8.61. The second kappa shape index (κ2) is 13.3. The van der Waals surface area contributed by atoms with Gasteiger partial charge in [-0.3, -0.25) is 9.98 Å². The fourth-order valence-electron chi connectivity index (χ4n) is 2.55. The van der Waals surface area contributed by atoms with Gasteiger partial charge in [-0.25, -0.2) is 0 Å². The fraction of sp³-hybridized carbons (Fsp3) is 0.429. The average molecular weight is 498 g/mol. The molecule has 0 fully saturated rings. The predicted octanol–water partition coefficient (Wildman–Crippen LogP) is 3.25. The average Bonchev–Trinajstić information content (AvgIpc) is 2.67. The number of aromatic nitrogens is 1. The van der Waals surface area contributed by atoms with E-state index in [0.29, 0.717) is 19.8 Å². The van der Waals surface area contributed by atoms with Gasteiger partial charge in [0.2, 0.25) is 0 Å². The van der Waals surface area contributed by atoms with Crippen LogP contribution in [0.1, 0.15) is 22.4 Å². The minimum atomic E-state index is 0. The number of aryl methyl sites for hydroxylation is 2. The molecular weight excluding hydrogens is 467 g/mol. The maximum atomic E-state index is 5.84. The van der Waals surface area contributed by atoms with Gasteiger partial charge in [0.1, 0.15) is 12.4 Å². The summed E-state index contributed by atoms with van der Waals surface area (Å²) in [6.45, 7) is 6.57. The largest absolute Gasteiger partial charge is 0.491 e. The molecule has 2 N–H and O–H groups in total. The highest BCUT2D eigenvalue weighted by atomic mass is 127. The van der Waals surface area contributed by atoms with Crippen LogP contribution in [0.3, 0.4) is 0 Å². The fourth-order valence-corrected chi connectivity index (χ4v) is 2.55. The Kier molecular flexibility index (Phi) is 11.5. The maximum absolute atomic E-state index is 5.84. The van der Waals surface area contributed by atoms with Gasteiger partial charge in [-0.15, -0.1) is 24.0 Å². The smallest absolute Gasteiger partial charge is 0.191 e. The van der Waals surface area contributed by atoms with Crippen molar-refractivity contribution in [3.8, 4) is 5.75 Å². The Balaban J connectivity index is 0.00000392. The van der Waals surface area contributed by atoms with Crippen LogP contribution < -0.4 is 15.4 Å². The molecule has 2 aromatic rings. The number of rotatable bonds is 9. The number of nitrogens with zero attached hydrogens (tertiary/aromatic N) is 2. The highest BCUT2D eigenvalue weighted by Crippen LogP contribution is 2.20. The zero-order valence-electron chi connectivity index (χ0n) is 17.1. The van der Waals surface area contributed by atoms with Crippen molar-refractivity contribution in [2.24, 2.45) is 4.99 Å². The van der Waals surface area contributed by atoms with Crippen molar-refractivity contribution >= 4 is 29.9 Å². The molecule has 0 aliphatic rings. The van der Waals surface area contributed by atoms with E-state index >= 15 is 0 Å². The Hall–Kier alpha value is -1.87. The lowest BCUT2D eigenvalue weighted by molar-refractivity contribution is 0.145. The molecule has 0 saturated carbocycles. The van der Waals surface area contributed by atoms with Crippen molar-refractivity contribution in [3.63, 3.8) is 0 Å². The van der Waals surface area contributed by atoms with E-state index < -0.39 is 0 Å². The van der Waals surface area contributed by atoms with Gasteiger partial charge in [0.15, 0.2) is 5.96 Å². The zero-order chi connectivity index (χ0) is 19.5. The first-order valence-electron chi connectivity index (χ1n) is 9.19. The summed E-state index contributed by atoms with van der Waals surface area (Å²) < 4.78 is 10.9. The molecule has 0 amide bonds. The van der Waals surface area contributed by atoms with E-state index in [-0.39, 0.29) is 24.0 Å². The highest BCUT2D eigenvalue weighted by molar-refractivity contribution is 14.0. The third-order valence-corrected chi connectivity index (χ3v) is 4.12. The number of benzene rings is 1. The van der Waals surface area contributed by atoms with Crippen LogP contribution in [0.5, 0.6) is 5.75 Å². The standard InChI is InChI=1S/C21H30N4O2.HI/c1-16-5-8-19(20(13-16)27-12-11-26-4)15-25-21(22-3)23-10-9-18-7-6-17(2)24-14-18;/h5-8,13-14H,9-12,15H2,1-4H3,(H2,22,23,25);1H. The molecule has 1 heterocycles. The molecule has 2 rings (SSSR count). The normalized spacial score (nSPS) is 10.9. The molecule has 0 bridgehead atoms. The van der Waals surface area contributed by atoms with Gasteiger partial charge in [0.05, 0.1) is 6.61 Å². The van der Waals surface area contributed by atoms with Crippen LogP contribution in [0.4, 0.5) is 0 Å². The molecule has 0 saturated heterocycles. The summed E-state index contributed by atoms with van der Waals surface area (Å²) in [5.41, 5.74) is 4.49. The topological polar surface area (TPSA) is 67.8 Å². The molecule has 0 radical (unpaired) electrons. The van der Waals surface area contributed by atoms with Crippen molar-refractivity contribution in [1.82, 2.24) is 15.6 Å². The summed E-state index contributed by atoms with van der Waals surface area (Å²) >= 11 is 0. The molecule has 0 spiro atoms. The molecule has 154 valence electrons. The van der Waals surface area contributed by atoms with Crippen molar-refractivity contribution in [1.29, 1.82) is 0 Å². The van der Waals surface area contributed by atoms with Gasteiger partial charge in [0, 0.05) is 44.7 Å². The van der Waals surface area contributed by atoms with Crippen molar-refractivity contribution in [3.05, 3.63) is 58.9 Å². The van der Waals surface area contributed by atoms with Crippen LogP contribution in [0.15, 0.2) is 41.5 Å². The number of hydrogen-bond donors (Lipinski definition) is 2. The number of ether oxygens (including phenoxy) is 2. The van der Waals surface area contributed by atoms with Gasteiger partial charge in [0.25, 0.3) is 0 Å². The van der Waals surface area contributed by atoms with Crippen LogP contribution in [0, 0.1) is 13.8 Å². The Morgan fingerprint density at radius 3 is 2.61 bits per heavy atom. The van der Waals surface area contributed by atoms with Gasteiger partial charge < -0.3 is 20.1 Å². The molecule has 0 aliphatic carbocycles. The van der Waals surface area contributed by atoms with Crippen LogP contribution in [-0.2, 0) is 17.7 Å². The number of halogens is 1. The van der Waals surface area contributed by atoms with Crippen LogP contribution >= 0.6 is 24.0 Å². The van der Waals surface area contributed by atoms with E-state index in [9.17, 15) is 0 Å². The highest BCUT2D eigenvalue weighted by Gasteiger charge is 2.06. The molecule has 1 aromatic carbocycles. The minimum Gasteiger partial charge on any atom is -0.491 e. The number of pyridine rings is 1. The Morgan fingerprint density at radius 2 is 1.93 bits per heavy atom. The van der Waals surface area contributed by atoms with E-state index in [4.69, 9.17) is 9.47 Å². The lowest BCUT2D eigenvalue weighted by Crippen LogP contribution is -2.38. The van der Waals surface area contributed by atoms with Gasteiger partial charge in [-0.1, -0.05) is 18.2 Å². The predicted molar refractivity (Wildman–Crippen MR) is 125 cm³/mol. The monoisotopic (exact) mass is 498 g/mol. The Morgan fingerprint density at radius 1 is 1.11 bits per heavy atom. The maximum Gasteiger partial charge on any atom is 0.191 e. The first kappa shape index (κ1) is 24.2. The molecule has 0 unspecified atom stereocenters. The van der Waals surface area contributed by atoms with E-state index in [1.54, 1.807) is 14.2 Å². The summed E-state index contributed by atoms with van der Waals surface area (Å²) in [7, 11) is 3.44. The lowest BCUT2D eigenvalue weighted by atomic mass is 10.1. The third kappa shape index (κ3) is 8.43. The molecule has 0 atom stereocenters. The third-order valence-electron chi connectivity index (χ3n) is 4.12. The first-order valence-corrected chi connectivity index (χ1v) is 9.19. The number of guanidine groups is 1. The van der Waals surface area contributed by atoms with Gasteiger partial charge in [-0.2, -0.15) is 0 Å². The van der Waals surface area contributed by atoms with Crippen molar-refractivity contribution < 1.29 is 9.47 Å². The molecule has 7 heteroatoms. The van der Waals surface area contributed by atoms with E-state index in [1.807, 2.05) is 25.3 Å². The van der Waals surface area contributed by atoms with Gasteiger partial charge >= 0.3 is 0 Å². The zero-order valence-corrected chi connectivity index (χ0v) is 19.4. The Bertz CT molecular complexity index is 736. The summed E-state index contributed by atoms with van der Waals surface area (Å²) in [6, 6.07) is 10.4. The number of nitrogens with one attached hydrogen (secondary N) is 2. The molecule has 1 aromatic heterocycles. The van der Waals surface area contributed by atoms with Crippen LogP contribution in [0.25, 0.3) is 0 Å². The second-order valence-electron chi connectivity index (χ2n) is 6.36. The SMILES string of the molecule is CN=C(NCCc1ccc(C)nc1)NCc1ccc(C)cc1OCCOC.I. The van der Waals surface area contributed by atoms with Crippen LogP contribution in [0.2, 0.25) is 0 Å². The second-order valence-corrected chi connectivity index (χ2v) is 6.36. The van der Waals surface area contributed by atoms with E-state index in [0.717, 1.165) is 35.9 Å². The first-order chi connectivity index (χ1) is 13.1. The quantitative estimate of drug-likeness (QED) is 0.241. The summed E-state index contributed by atoms with van der Waals surface area (Å²) in [5.74, 6) is 1.64. The molecular formula is C21H31IN4O2. The molecule has 28 heavy (non-hydrogen) atoms. The molecule has 6 nitrogen and oxygen atoms in total. The lowest BCUT2D eigenvalue weighted by Gasteiger charge is -2.15.